The fraction of sp³-hybridized carbons (Fsp3) is 0.333. The first-order valence-electron chi connectivity index (χ1n) is 12.4. The van der Waals surface area contributed by atoms with E-state index >= 15 is 0 Å². The van der Waals surface area contributed by atoms with Gasteiger partial charge in [0.1, 0.15) is 40.7 Å². The summed E-state index contributed by atoms with van der Waals surface area (Å²) in [5, 5.41) is 4.46. The number of amides is 1. The third-order valence-corrected chi connectivity index (χ3v) is 6.67. The summed E-state index contributed by atoms with van der Waals surface area (Å²) in [6.45, 7) is 3.63. The van der Waals surface area contributed by atoms with Gasteiger partial charge in [0.25, 0.3) is 5.91 Å². The smallest absolute Gasteiger partial charge is 0.252 e. The molecule has 11 heteroatoms. The van der Waals surface area contributed by atoms with Crippen LogP contribution in [-0.4, -0.2) is 52.4 Å². The Morgan fingerprint density at radius 1 is 1.24 bits per heavy atom. The molecule has 10 nitrogen and oxygen atoms in total. The summed E-state index contributed by atoms with van der Waals surface area (Å²) in [4.78, 5) is 21.0. The molecule has 1 amide bonds. The first-order chi connectivity index (χ1) is 18.4. The number of nitrogens with zero attached hydrogens (tertiary/aromatic N) is 4. The van der Waals surface area contributed by atoms with E-state index in [0.29, 0.717) is 48.2 Å². The zero-order valence-electron chi connectivity index (χ0n) is 21.2. The summed E-state index contributed by atoms with van der Waals surface area (Å²) in [5.74, 6) is 0.785. The van der Waals surface area contributed by atoms with Crippen LogP contribution >= 0.6 is 0 Å². The predicted octanol–water partition coefficient (Wildman–Crippen LogP) is 3.50. The van der Waals surface area contributed by atoms with Crippen LogP contribution in [-0.2, 0) is 11.2 Å². The predicted molar refractivity (Wildman–Crippen MR) is 139 cm³/mol. The van der Waals surface area contributed by atoms with Crippen molar-refractivity contribution in [2.45, 2.75) is 32.1 Å². The molecule has 38 heavy (non-hydrogen) atoms. The number of ether oxygens (including phenoxy) is 3. The van der Waals surface area contributed by atoms with Crippen molar-refractivity contribution >= 4 is 17.2 Å². The van der Waals surface area contributed by atoms with Crippen LogP contribution < -0.4 is 20.9 Å². The lowest BCUT2D eigenvalue weighted by Gasteiger charge is -2.20. The normalized spacial score (nSPS) is 14.1. The van der Waals surface area contributed by atoms with E-state index in [1.807, 2.05) is 25.1 Å². The number of methoxy groups -OCH3 is 1. The van der Waals surface area contributed by atoms with Gasteiger partial charge >= 0.3 is 0 Å². The van der Waals surface area contributed by atoms with Crippen molar-refractivity contribution in [1.82, 2.24) is 19.6 Å². The van der Waals surface area contributed by atoms with Gasteiger partial charge in [0.15, 0.2) is 5.82 Å². The maximum atomic E-state index is 14.3. The molecule has 4 aromatic rings. The summed E-state index contributed by atoms with van der Waals surface area (Å²) >= 11 is 0. The number of anilines is 1. The number of rotatable bonds is 8. The zero-order chi connectivity index (χ0) is 26.8. The molecule has 0 unspecified atom stereocenters. The van der Waals surface area contributed by atoms with E-state index in [0.717, 1.165) is 35.9 Å². The van der Waals surface area contributed by atoms with Crippen molar-refractivity contribution in [1.29, 1.82) is 0 Å². The van der Waals surface area contributed by atoms with E-state index in [-0.39, 0.29) is 23.7 Å². The molecular weight excluding hydrogens is 491 g/mol. The number of carbonyl (C=O) groups excluding carboxylic acids is 1. The van der Waals surface area contributed by atoms with Gasteiger partial charge in [-0.05, 0) is 49.6 Å². The standard InChI is InChI=1S/C27H29FN6O4/c1-3-38-21-11-15(10-17-12-18(28)13-20(26(30)35)24(17)36-2)4-5-19(21)22-23-25(29)31-14-32-34(23)27(33-22)16-6-8-37-9-7-16/h4-5,11-14,16H,3,6-10H2,1-2H3,(H2,30,35)(H2,29,31,32). The van der Waals surface area contributed by atoms with Crippen molar-refractivity contribution < 1.29 is 23.4 Å². The zero-order valence-corrected chi connectivity index (χ0v) is 21.2. The number of nitrogen functional groups attached to an aromatic ring is 1. The van der Waals surface area contributed by atoms with E-state index in [1.165, 1.54) is 19.5 Å². The fourth-order valence-corrected chi connectivity index (χ4v) is 4.96. The number of imidazole rings is 1. The molecule has 3 heterocycles. The third kappa shape index (κ3) is 4.72. The molecule has 2 aromatic carbocycles. The summed E-state index contributed by atoms with van der Waals surface area (Å²) in [6, 6.07) is 8.06. The van der Waals surface area contributed by atoms with Gasteiger partial charge in [-0.25, -0.2) is 18.9 Å². The summed E-state index contributed by atoms with van der Waals surface area (Å²) in [7, 11) is 1.42. The largest absolute Gasteiger partial charge is 0.496 e. The molecule has 0 spiro atoms. The van der Waals surface area contributed by atoms with Crippen LogP contribution in [0.3, 0.4) is 0 Å². The Morgan fingerprint density at radius 2 is 2.03 bits per heavy atom. The number of hydrogen-bond acceptors (Lipinski definition) is 8. The van der Waals surface area contributed by atoms with Crippen LogP contribution in [0, 0.1) is 5.82 Å². The summed E-state index contributed by atoms with van der Waals surface area (Å²) < 4.78 is 33.0. The van der Waals surface area contributed by atoms with Crippen molar-refractivity contribution in [3.05, 3.63) is 65.0 Å². The van der Waals surface area contributed by atoms with E-state index < -0.39 is 11.7 Å². The van der Waals surface area contributed by atoms with Crippen LogP contribution in [0.4, 0.5) is 10.2 Å². The van der Waals surface area contributed by atoms with Crippen molar-refractivity contribution in [3.63, 3.8) is 0 Å². The second-order valence-electron chi connectivity index (χ2n) is 9.06. The number of primary amides is 1. The Morgan fingerprint density at radius 3 is 2.74 bits per heavy atom. The Balaban J connectivity index is 1.60. The number of hydrogen-bond donors (Lipinski definition) is 2. The highest BCUT2D eigenvalue weighted by atomic mass is 19.1. The lowest BCUT2D eigenvalue weighted by atomic mass is 9.98. The highest BCUT2D eigenvalue weighted by Gasteiger charge is 2.27. The molecule has 0 atom stereocenters. The maximum Gasteiger partial charge on any atom is 0.252 e. The maximum absolute atomic E-state index is 14.3. The quantitative estimate of drug-likeness (QED) is 0.360. The highest BCUT2D eigenvalue weighted by molar-refractivity contribution is 5.96. The average molecular weight is 521 g/mol. The molecule has 1 fully saturated rings. The van der Waals surface area contributed by atoms with Gasteiger partial charge < -0.3 is 25.7 Å². The molecule has 0 bridgehead atoms. The molecule has 2 aromatic heterocycles. The minimum absolute atomic E-state index is 0.00949. The van der Waals surface area contributed by atoms with Gasteiger partial charge in [-0.1, -0.05) is 6.07 Å². The number of benzene rings is 2. The molecule has 1 aliphatic rings. The van der Waals surface area contributed by atoms with Gasteiger partial charge in [0, 0.05) is 36.7 Å². The van der Waals surface area contributed by atoms with Gasteiger partial charge in [0.2, 0.25) is 0 Å². The van der Waals surface area contributed by atoms with Crippen molar-refractivity contribution in [2.24, 2.45) is 5.73 Å². The first kappa shape index (κ1) is 25.4. The van der Waals surface area contributed by atoms with Gasteiger partial charge in [-0.2, -0.15) is 5.10 Å². The topological polar surface area (TPSA) is 140 Å². The molecule has 0 saturated carbocycles. The monoisotopic (exact) mass is 520 g/mol. The second-order valence-corrected chi connectivity index (χ2v) is 9.06. The molecule has 1 saturated heterocycles. The molecular formula is C27H29FN6O4. The minimum Gasteiger partial charge on any atom is -0.496 e. The van der Waals surface area contributed by atoms with E-state index in [2.05, 4.69) is 10.1 Å². The Labute approximate surface area is 218 Å². The van der Waals surface area contributed by atoms with Gasteiger partial charge in [-0.15, -0.1) is 0 Å². The highest BCUT2D eigenvalue weighted by Crippen LogP contribution is 2.38. The number of nitrogens with two attached hydrogens (primary N) is 2. The Bertz CT molecular complexity index is 1500. The fourth-order valence-electron chi connectivity index (χ4n) is 4.96. The summed E-state index contributed by atoms with van der Waals surface area (Å²) in [6.07, 6.45) is 3.38. The third-order valence-electron chi connectivity index (χ3n) is 6.67. The van der Waals surface area contributed by atoms with Crippen molar-refractivity contribution in [2.75, 3.05) is 32.7 Å². The molecule has 4 N–H and O–H groups in total. The lowest BCUT2D eigenvalue weighted by Crippen LogP contribution is -2.17. The Kier molecular flexibility index (Phi) is 7.10. The summed E-state index contributed by atoms with van der Waals surface area (Å²) in [5.41, 5.74) is 15.0. The van der Waals surface area contributed by atoms with Crippen LogP contribution in [0.5, 0.6) is 11.5 Å². The minimum atomic E-state index is -0.764. The van der Waals surface area contributed by atoms with E-state index in [1.54, 1.807) is 4.52 Å². The second kappa shape index (κ2) is 10.6. The molecule has 5 rings (SSSR count). The SMILES string of the molecule is CCOc1cc(Cc2cc(F)cc(C(N)=O)c2OC)ccc1-c1nc(C2CCOCC2)n2ncnc(N)c12. The average Bonchev–Trinajstić information content (AvgIpc) is 3.30. The van der Waals surface area contributed by atoms with E-state index in [4.69, 9.17) is 30.7 Å². The molecule has 198 valence electrons. The van der Waals surface area contributed by atoms with Crippen LogP contribution in [0.15, 0.2) is 36.7 Å². The molecule has 1 aliphatic heterocycles. The van der Waals surface area contributed by atoms with Crippen LogP contribution in [0.1, 0.15) is 53.0 Å². The Hall–Kier alpha value is -4.25. The van der Waals surface area contributed by atoms with E-state index in [9.17, 15) is 9.18 Å². The number of aromatic nitrogens is 4. The van der Waals surface area contributed by atoms with Gasteiger partial charge in [-0.3, -0.25) is 4.79 Å². The number of fused-ring (bicyclic) bond motifs is 1. The molecule has 0 radical (unpaired) electrons. The number of carbonyl (C=O) groups is 1. The van der Waals surface area contributed by atoms with Crippen molar-refractivity contribution in [3.8, 4) is 22.8 Å². The van der Waals surface area contributed by atoms with Crippen LogP contribution in [0.2, 0.25) is 0 Å². The van der Waals surface area contributed by atoms with Gasteiger partial charge in [0.05, 0.1) is 19.3 Å². The lowest BCUT2D eigenvalue weighted by molar-refractivity contribution is 0.0832. The van der Waals surface area contributed by atoms with Crippen LogP contribution in [0.25, 0.3) is 16.8 Å². The number of halogens is 1. The molecule has 0 aliphatic carbocycles. The first-order valence-corrected chi connectivity index (χ1v) is 12.4.